The van der Waals surface area contributed by atoms with Crippen LogP contribution in [0, 0.1) is 11.3 Å². The van der Waals surface area contributed by atoms with Crippen LogP contribution in [0.25, 0.3) is 10.9 Å². The lowest BCUT2D eigenvalue weighted by Crippen LogP contribution is -2.46. The molecule has 0 saturated carbocycles. The molecule has 1 aromatic heterocycles. The summed E-state index contributed by atoms with van der Waals surface area (Å²) in [5.74, 6) is 0.310. The molecule has 2 amide bonds. The van der Waals surface area contributed by atoms with Crippen molar-refractivity contribution >= 4 is 28.5 Å². The fourth-order valence-corrected chi connectivity index (χ4v) is 4.10. The number of hydrogen-bond acceptors (Lipinski definition) is 3. The molecule has 2 heterocycles. The van der Waals surface area contributed by atoms with Gasteiger partial charge < -0.3 is 15.3 Å². The average Bonchev–Trinajstić information content (AvgIpc) is 3.08. The van der Waals surface area contributed by atoms with Crippen LogP contribution in [0.1, 0.15) is 38.4 Å². The normalized spacial score (nSPS) is 17.7. The van der Waals surface area contributed by atoms with Crippen molar-refractivity contribution in [3.63, 3.8) is 0 Å². The highest BCUT2D eigenvalue weighted by Gasteiger charge is 2.40. The molecule has 0 bridgehead atoms. The number of hydrogen-bond donors (Lipinski definition) is 3. The molecule has 1 aliphatic rings. The Labute approximate surface area is 152 Å². The maximum atomic E-state index is 11.8. The Morgan fingerprint density at radius 3 is 2.76 bits per heavy atom. The number of aliphatic hydroxyl groups excluding tert-OH is 1. The number of aromatic amines is 1. The van der Waals surface area contributed by atoms with E-state index in [0.717, 1.165) is 29.3 Å². The number of rotatable bonds is 3. The van der Waals surface area contributed by atoms with E-state index in [1.54, 1.807) is 13.2 Å². The molecule has 2 aromatic rings. The number of carbonyl (C=O) groups is 1. The van der Waals surface area contributed by atoms with Crippen molar-refractivity contribution < 1.29 is 9.90 Å². The number of likely N-dealkylation sites (tertiary alicyclic amines) is 1. The lowest BCUT2D eigenvalue weighted by atomic mass is 9.68. The molecule has 3 rings (SSSR count). The molecule has 1 atom stereocenters. The van der Waals surface area contributed by atoms with Crippen LogP contribution >= 0.6 is 11.6 Å². The largest absolute Gasteiger partial charge is 0.388 e. The number of amides is 2. The number of nitrogens with zero attached hydrogens (tertiary/aromatic N) is 2. The summed E-state index contributed by atoms with van der Waals surface area (Å²) in [5, 5.41) is 22.3. The molecule has 1 saturated heterocycles. The number of aliphatic hydroxyl groups is 1. The minimum absolute atomic E-state index is 0.0354. The van der Waals surface area contributed by atoms with E-state index in [-0.39, 0.29) is 11.4 Å². The number of nitrogens with one attached hydrogen (secondary N) is 2. The summed E-state index contributed by atoms with van der Waals surface area (Å²) in [6, 6.07) is 3.60. The van der Waals surface area contributed by atoms with Gasteiger partial charge in [-0.25, -0.2) is 4.79 Å². The fraction of sp³-hybridized carbons (Fsp3) is 0.556. The van der Waals surface area contributed by atoms with E-state index in [1.807, 2.05) is 17.0 Å². The van der Waals surface area contributed by atoms with Gasteiger partial charge in [0, 0.05) is 30.5 Å². The lowest BCUT2D eigenvalue weighted by molar-refractivity contribution is -0.0141. The topological polar surface area (TPSA) is 81.3 Å². The van der Waals surface area contributed by atoms with Gasteiger partial charge in [0.15, 0.2) is 0 Å². The quantitative estimate of drug-likeness (QED) is 0.781. The first-order valence-corrected chi connectivity index (χ1v) is 8.99. The second kappa shape index (κ2) is 6.84. The highest BCUT2D eigenvalue weighted by Crippen LogP contribution is 2.46. The Morgan fingerprint density at radius 1 is 1.44 bits per heavy atom. The van der Waals surface area contributed by atoms with Gasteiger partial charge in [0.1, 0.15) is 0 Å². The predicted molar refractivity (Wildman–Crippen MR) is 98.6 cm³/mol. The van der Waals surface area contributed by atoms with Crippen LogP contribution in [-0.4, -0.2) is 46.4 Å². The van der Waals surface area contributed by atoms with Crippen molar-refractivity contribution in [2.45, 2.75) is 32.8 Å². The third kappa shape index (κ3) is 3.33. The average molecular weight is 365 g/mol. The standard InChI is InChI=1S/C18H25ClN4O2/c1-18(2,11-4-6-23(7-5-11)17(25)20-3)16(24)13-8-12(19)9-15-14(13)10-21-22-15/h8-11,16,24H,4-7H2,1-3H3,(H,20,25)(H,21,22). The lowest BCUT2D eigenvalue weighted by Gasteiger charge is -2.43. The van der Waals surface area contributed by atoms with Crippen LogP contribution in [0.15, 0.2) is 18.3 Å². The number of piperidine rings is 1. The monoisotopic (exact) mass is 364 g/mol. The van der Waals surface area contributed by atoms with E-state index in [0.29, 0.717) is 24.0 Å². The SMILES string of the molecule is CNC(=O)N1CCC(C(C)(C)C(O)c2cc(Cl)cc3[nH]ncc23)CC1. The number of aromatic nitrogens is 2. The van der Waals surface area contributed by atoms with E-state index in [9.17, 15) is 9.90 Å². The Hall–Kier alpha value is -1.79. The van der Waals surface area contributed by atoms with Crippen molar-refractivity contribution in [3.8, 4) is 0 Å². The summed E-state index contributed by atoms with van der Waals surface area (Å²) in [4.78, 5) is 13.6. The zero-order valence-electron chi connectivity index (χ0n) is 14.8. The molecule has 1 unspecified atom stereocenters. The molecule has 1 fully saturated rings. The van der Waals surface area contributed by atoms with Crippen molar-refractivity contribution in [1.82, 2.24) is 20.4 Å². The van der Waals surface area contributed by atoms with Crippen LogP contribution in [0.2, 0.25) is 5.02 Å². The zero-order chi connectivity index (χ0) is 18.2. The molecule has 0 spiro atoms. The summed E-state index contributed by atoms with van der Waals surface area (Å²) in [6.45, 7) is 5.59. The fourth-order valence-electron chi connectivity index (χ4n) is 3.88. The van der Waals surface area contributed by atoms with Gasteiger partial charge in [0.2, 0.25) is 0 Å². The van der Waals surface area contributed by atoms with E-state index in [2.05, 4.69) is 29.4 Å². The number of H-pyrrole nitrogens is 1. The Bertz CT molecular complexity index is 766. The molecule has 7 heteroatoms. The number of fused-ring (bicyclic) bond motifs is 1. The summed E-state index contributed by atoms with van der Waals surface area (Å²) in [5.41, 5.74) is 1.28. The smallest absolute Gasteiger partial charge is 0.317 e. The Kier molecular flexibility index (Phi) is 4.93. The van der Waals surface area contributed by atoms with Gasteiger partial charge in [0.25, 0.3) is 0 Å². The Balaban J connectivity index is 1.82. The summed E-state index contributed by atoms with van der Waals surface area (Å²) in [7, 11) is 1.65. The molecule has 0 radical (unpaired) electrons. The van der Waals surface area contributed by atoms with Gasteiger partial charge in [-0.15, -0.1) is 0 Å². The molecule has 136 valence electrons. The third-order valence-electron chi connectivity index (χ3n) is 5.60. The second-order valence-corrected chi connectivity index (χ2v) is 7.80. The van der Waals surface area contributed by atoms with Crippen LogP contribution in [0.3, 0.4) is 0 Å². The van der Waals surface area contributed by atoms with E-state index in [1.165, 1.54) is 0 Å². The van der Waals surface area contributed by atoms with Gasteiger partial charge in [-0.1, -0.05) is 25.4 Å². The third-order valence-corrected chi connectivity index (χ3v) is 5.82. The number of carbonyl (C=O) groups excluding carboxylic acids is 1. The van der Waals surface area contributed by atoms with E-state index in [4.69, 9.17) is 11.6 Å². The van der Waals surface area contributed by atoms with Crippen molar-refractivity contribution in [3.05, 3.63) is 28.9 Å². The molecule has 0 aliphatic carbocycles. The van der Waals surface area contributed by atoms with Crippen molar-refractivity contribution in [2.24, 2.45) is 11.3 Å². The first kappa shape index (κ1) is 18.0. The highest BCUT2D eigenvalue weighted by molar-refractivity contribution is 6.31. The van der Waals surface area contributed by atoms with Crippen molar-refractivity contribution in [2.75, 3.05) is 20.1 Å². The van der Waals surface area contributed by atoms with Gasteiger partial charge in [-0.3, -0.25) is 5.10 Å². The maximum absolute atomic E-state index is 11.8. The number of benzene rings is 1. The van der Waals surface area contributed by atoms with Crippen LogP contribution < -0.4 is 5.32 Å². The summed E-state index contributed by atoms with van der Waals surface area (Å²) in [6.07, 6.45) is 2.80. The van der Waals surface area contributed by atoms with Crippen LogP contribution in [0.4, 0.5) is 4.79 Å². The summed E-state index contributed by atoms with van der Waals surface area (Å²) >= 11 is 6.22. The number of halogens is 1. The minimum Gasteiger partial charge on any atom is -0.388 e. The van der Waals surface area contributed by atoms with E-state index >= 15 is 0 Å². The zero-order valence-corrected chi connectivity index (χ0v) is 15.6. The van der Waals surface area contributed by atoms with Gasteiger partial charge >= 0.3 is 6.03 Å². The van der Waals surface area contributed by atoms with E-state index < -0.39 is 6.10 Å². The number of urea groups is 1. The minimum atomic E-state index is -0.664. The first-order chi connectivity index (χ1) is 11.8. The van der Waals surface area contributed by atoms with Gasteiger partial charge in [-0.05, 0) is 41.9 Å². The molecule has 25 heavy (non-hydrogen) atoms. The second-order valence-electron chi connectivity index (χ2n) is 7.37. The molecular weight excluding hydrogens is 340 g/mol. The molecule has 6 nitrogen and oxygen atoms in total. The first-order valence-electron chi connectivity index (χ1n) is 8.62. The summed E-state index contributed by atoms with van der Waals surface area (Å²) < 4.78 is 0. The van der Waals surface area contributed by atoms with Crippen LogP contribution in [0.5, 0.6) is 0 Å². The molecular formula is C18H25ClN4O2. The van der Waals surface area contributed by atoms with Crippen LogP contribution in [-0.2, 0) is 0 Å². The molecule has 3 N–H and O–H groups in total. The maximum Gasteiger partial charge on any atom is 0.317 e. The molecule has 1 aliphatic heterocycles. The predicted octanol–water partition coefficient (Wildman–Crippen LogP) is 3.33. The van der Waals surface area contributed by atoms with Gasteiger partial charge in [0.05, 0.1) is 17.8 Å². The molecule has 1 aromatic carbocycles. The van der Waals surface area contributed by atoms with Crippen molar-refractivity contribution in [1.29, 1.82) is 0 Å². The highest BCUT2D eigenvalue weighted by atomic mass is 35.5. The van der Waals surface area contributed by atoms with Gasteiger partial charge in [-0.2, -0.15) is 5.10 Å². The Morgan fingerprint density at radius 2 is 2.12 bits per heavy atom.